The van der Waals surface area contributed by atoms with Gasteiger partial charge in [-0.25, -0.2) is 0 Å². The van der Waals surface area contributed by atoms with Crippen molar-refractivity contribution in [1.29, 1.82) is 0 Å². The molecule has 2 N–H and O–H groups in total. The highest BCUT2D eigenvalue weighted by atomic mass is 32.2. The summed E-state index contributed by atoms with van der Waals surface area (Å²) in [7, 11) is 0. The van der Waals surface area contributed by atoms with Crippen molar-refractivity contribution < 1.29 is 14.0 Å². The summed E-state index contributed by atoms with van der Waals surface area (Å²) < 4.78 is 7.36. The number of thioether (sulfide) groups is 1. The van der Waals surface area contributed by atoms with Crippen molar-refractivity contribution in [3.05, 3.63) is 48.7 Å². The Balaban J connectivity index is 1.58. The number of nitrogens with two attached hydrogens (primary N) is 1. The van der Waals surface area contributed by atoms with Crippen LogP contribution in [0.4, 0.5) is 0 Å². The van der Waals surface area contributed by atoms with Gasteiger partial charge in [-0.05, 0) is 43.5 Å². The van der Waals surface area contributed by atoms with Gasteiger partial charge in [0.1, 0.15) is 6.04 Å². The van der Waals surface area contributed by atoms with Crippen LogP contribution >= 0.6 is 11.8 Å². The normalized spacial score (nSPS) is 16.7. The van der Waals surface area contributed by atoms with Crippen LogP contribution in [-0.2, 0) is 9.59 Å². The number of likely N-dealkylation sites (tertiary alicyclic amines) is 1. The molecular formula is C20H21N5O3S. The van der Waals surface area contributed by atoms with Crippen molar-refractivity contribution in [2.75, 3.05) is 12.3 Å². The smallest absolute Gasteiger partial charge is 0.240 e. The zero-order valence-electron chi connectivity index (χ0n) is 15.7. The van der Waals surface area contributed by atoms with Crippen molar-refractivity contribution in [2.24, 2.45) is 5.73 Å². The molecular weight excluding hydrogens is 390 g/mol. The summed E-state index contributed by atoms with van der Waals surface area (Å²) in [5.74, 6) is 0.720. The van der Waals surface area contributed by atoms with Gasteiger partial charge in [0.15, 0.2) is 10.9 Å². The average Bonchev–Trinajstić information content (AvgIpc) is 3.42. The highest BCUT2D eigenvalue weighted by Gasteiger charge is 2.31. The van der Waals surface area contributed by atoms with Gasteiger partial charge in [0.2, 0.25) is 17.6 Å². The first-order valence-corrected chi connectivity index (χ1v) is 10.4. The van der Waals surface area contributed by atoms with Crippen molar-refractivity contribution in [2.45, 2.75) is 30.5 Å². The molecule has 0 bridgehead atoms. The number of nitrogens with zero attached hydrogens (tertiary/aromatic N) is 4. The quantitative estimate of drug-likeness (QED) is 0.625. The van der Waals surface area contributed by atoms with Gasteiger partial charge in [0, 0.05) is 12.2 Å². The molecule has 2 amide bonds. The number of amides is 2. The molecule has 0 saturated carbocycles. The highest BCUT2D eigenvalue weighted by molar-refractivity contribution is 7.99. The molecule has 0 spiro atoms. The second kappa shape index (κ2) is 8.52. The SMILES string of the molecule is NC(=O)[C@H]1CCCCN1C(=O)CSc1nnc(-c2ccco2)n1-c1ccccc1. The van der Waals surface area contributed by atoms with Crippen molar-refractivity contribution >= 4 is 23.6 Å². The lowest BCUT2D eigenvalue weighted by molar-refractivity contribution is -0.138. The monoisotopic (exact) mass is 411 g/mol. The Morgan fingerprint density at radius 3 is 2.69 bits per heavy atom. The first-order valence-electron chi connectivity index (χ1n) is 9.41. The summed E-state index contributed by atoms with van der Waals surface area (Å²) in [6.45, 7) is 0.552. The van der Waals surface area contributed by atoms with Crippen molar-refractivity contribution in [3.63, 3.8) is 0 Å². The van der Waals surface area contributed by atoms with E-state index < -0.39 is 11.9 Å². The Hall–Kier alpha value is -3.07. The van der Waals surface area contributed by atoms with E-state index in [0.717, 1.165) is 18.5 Å². The maximum Gasteiger partial charge on any atom is 0.240 e. The maximum absolute atomic E-state index is 12.8. The van der Waals surface area contributed by atoms with Gasteiger partial charge >= 0.3 is 0 Å². The van der Waals surface area contributed by atoms with E-state index in [1.54, 1.807) is 17.2 Å². The third-order valence-electron chi connectivity index (χ3n) is 4.87. The molecule has 8 nitrogen and oxygen atoms in total. The predicted octanol–water partition coefficient (Wildman–Crippen LogP) is 2.49. The molecule has 0 unspecified atom stereocenters. The molecule has 0 aliphatic carbocycles. The van der Waals surface area contributed by atoms with Crippen LogP contribution < -0.4 is 5.73 Å². The van der Waals surface area contributed by atoms with Gasteiger partial charge in [0.05, 0.1) is 12.0 Å². The van der Waals surface area contributed by atoms with Gasteiger partial charge in [-0.1, -0.05) is 30.0 Å². The zero-order valence-corrected chi connectivity index (χ0v) is 16.5. The van der Waals surface area contributed by atoms with Crippen LogP contribution in [0.25, 0.3) is 17.3 Å². The van der Waals surface area contributed by atoms with E-state index in [2.05, 4.69) is 10.2 Å². The molecule has 4 rings (SSSR count). The number of piperidine rings is 1. The van der Waals surface area contributed by atoms with E-state index in [1.807, 2.05) is 41.0 Å². The highest BCUT2D eigenvalue weighted by Crippen LogP contribution is 2.29. The number of carbonyl (C=O) groups excluding carboxylic acids is 2. The minimum atomic E-state index is -0.525. The molecule has 3 aromatic rings. The van der Waals surface area contributed by atoms with Crippen LogP contribution in [0.3, 0.4) is 0 Å². The number of hydrogen-bond acceptors (Lipinski definition) is 6. The third kappa shape index (κ3) is 4.04. The Kier molecular flexibility index (Phi) is 5.66. The second-order valence-corrected chi connectivity index (χ2v) is 7.69. The van der Waals surface area contributed by atoms with Crippen LogP contribution in [0.1, 0.15) is 19.3 Å². The molecule has 2 aromatic heterocycles. The maximum atomic E-state index is 12.8. The van der Waals surface area contributed by atoms with Crippen LogP contribution in [0, 0.1) is 0 Å². The van der Waals surface area contributed by atoms with Gasteiger partial charge < -0.3 is 15.1 Å². The second-order valence-electron chi connectivity index (χ2n) is 6.74. The van der Waals surface area contributed by atoms with E-state index in [-0.39, 0.29) is 11.7 Å². The van der Waals surface area contributed by atoms with Gasteiger partial charge in [-0.3, -0.25) is 14.2 Å². The van der Waals surface area contributed by atoms with E-state index in [4.69, 9.17) is 10.2 Å². The van der Waals surface area contributed by atoms with Crippen LogP contribution in [0.5, 0.6) is 0 Å². The number of para-hydroxylation sites is 1. The van der Waals surface area contributed by atoms with Crippen LogP contribution in [0.15, 0.2) is 58.3 Å². The summed E-state index contributed by atoms with van der Waals surface area (Å²) in [4.78, 5) is 26.1. The number of benzene rings is 1. The standard InChI is InChI=1S/C20H21N5O3S/c21-18(27)15-9-4-5-11-24(15)17(26)13-29-20-23-22-19(16-10-6-12-28-16)25(20)14-7-2-1-3-8-14/h1-3,6-8,10,12,15H,4-5,9,11,13H2,(H2,21,27)/t15-/m1/s1. The Morgan fingerprint density at radius 2 is 1.97 bits per heavy atom. The van der Waals surface area contributed by atoms with E-state index in [0.29, 0.717) is 29.7 Å². The van der Waals surface area contributed by atoms with Gasteiger partial charge in [-0.2, -0.15) is 0 Å². The molecule has 29 heavy (non-hydrogen) atoms. The van der Waals surface area contributed by atoms with Gasteiger partial charge in [-0.15, -0.1) is 10.2 Å². The lowest BCUT2D eigenvalue weighted by atomic mass is 10.0. The summed E-state index contributed by atoms with van der Waals surface area (Å²) in [6.07, 6.45) is 3.98. The fourth-order valence-corrected chi connectivity index (χ4v) is 4.31. The fourth-order valence-electron chi connectivity index (χ4n) is 3.47. The number of carbonyl (C=O) groups is 2. The summed E-state index contributed by atoms with van der Waals surface area (Å²) in [5, 5.41) is 9.11. The summed E-state index contributed by atoms with van der Waals surface area (Å²) in [5.41, 5.74) is 6.35. The predicted molar refractivity (Wildman–Crippen MR) is 108 cm³/mol. The summed E-state index contributed by atoms with van der Waals surface area (Å²) >= 11 is 1.28. The Bertz CT molecular complexity index is 987. The minimum Gasteiger partial charge on any atom is -0.461 e. The molecule has 1 aromatic carbocycles. The largest absolute Gasteiger partial charge is 0.461 e. The van der Waals surface area contributed by atoms with Gasteiger partial charge in [0.25, 0.3) is 0 Å². The lowest BCUT2D eigenvalue weighted by Crippen LogP contribution is -2.51. The third-order valence-corrected chi connectivity index (χ3v) is 5.78. The van der Waals surface area contributed by atoms with E-state index >= 15 is 0 Å². The first kappa shape index (κ1) is 19.3. The average molecular weight is 411 g/mol. The molecule has 1 aliphatic heterocycles. The number of hydrogen-bond donors (Lipinski definition) is 1. The first-order chi connectivity index (χ1) is 14.1. The molecule has 0 radical (unpaired) electrons. The molecule has 1 aliphatic rings. The summed E-state index contributed by atoms with van der Waals surface area (Å²) in [6, 6.07) is 12.7. The molecule has 1 atom stereocenters. The number of aromatic nitrogens is 3. The lowest BCUT2D eigenvalue weighted by Gasteiger charge is -2.33. The zero-order chi connectivity index (χ0) is 20.2. The number of primary amides is 1. The Labute approximate surface area is 172 Å². The van der Waals surface area contributed by atoms with E-state index in [1.165, 1.54) is 11.8 Å². The molecule has 1 fully saturated rings. The molecule has 9 heteroatoms. The minimum absolute atomic E-state index is 0.124. The van der Waals surface area contributed by atoms with Crippen LogP contribution in [0.2, 0.25) is 0 Å². The van der Waals surface area contributed by atoms with Crippen molar-refractivity contribution in [3.8, 4) is 17.3 Å². The van der Waals surface area contributed by atoms with E-state index in [9.17, 15) is 9.59 Å². The molecule has 1 saturated heterocycles. The molecule has 3 heterocycles. The molecule has 150 valence electrons. The number of rotatable bonds is 6. The number of furan rings is 1. The topological polar surface area (TPSA) is 107 Å². The fraction of sp³-hybridized carbons (Fsp3) is 0.300. The van der Waals surface area contributed by atoms with Crippen LogP contribution in [-0.4, -0.2) is 49.8 Å². The van der Waals surface area contributed by atoms with Crippen molar-refractivity contribution in [1.82, 2.24) is 19.7 Å². The Morgan fingerprint density at radius 1 is 1.14 bits per heavy atom.